The Bertz CT molecular complexity index is 1200. The van der Waals surface area contributed by atoms with Crippen molar-refractivity contribution in [3.63, 3.8) is 0 Å². The number of amides is 1. The van der Waals surface area contributed by atoms with Crippen molar-refractivity contribution in [3.05, 3.63) is 76.5 Å². The standard InChI is InChI=1S/C29H35F3N2O2/c1-6-7-8-12-26-23(17-22-11-9-10-13-25(22)33-26)19-34(27(35)36-28(3,4)5)18-21-14-20(2)15-24(16-21)29(30,31)32/h9-11,13-17H,6-8,12,18-19H2,1-5H3. The van der Waals surface area contributed by atoms with Crippen molar-refractivity contribution in [1.82, 2.24) is 9.88 Å². The van der Waals surface area contributed by atoms with Crippen molar-refractivity contribution in [3.8, 4) is 0 Å². The van der Waals surface area contributed by atoms with Crippen molar-refractivity contribution >= 4 is 17.0 Å². The van der Waals surface area contributed by atoms with E-state index in [0.29, 0.717) is 11.1 Å². The molecular formula is C29H35F3N2O2. The molecule has 7 heteroatoms. The second kappa shape index (κ2) is 11.3. The predicted octanol–water partition coefficient (Wildman–Crippen LogP) is 8.23. The number of carbonyl (C=O) groups is 1. The smallest absolute Gasteiger partial charge is 0.416 e. The Balaban J connectivity index is 2.01. The lowest BCUT2D eigenvalue weighted by Crippen LogP contribution is -2.36. The molecule has 36 heavy (non-hydrogen) atoms. The number of ether oxygens (including phenoxy) is 1. The first-order valence-electron chi connectivity index (χ1n) is 12.4. The molecule has 1 aromatic heterocycles. The van der Waals surface area contributed by atoms with Gasteiger partial charge in [-0.3, -0.25) is 9.88 Å². The molecule has 0 bridgehead atoms. The van der Waals surface area contributed by atoms with Crippen LogP contribution in [0.25, 0.3) is 10.9 Å². The molecule has 4 nitrogen and oxygen atoms in total. The van der Waals surface area contributed by atoms with Gasteiger partial charge in [-0.05, 0) is 75.9 Å². The van der Waals surface area contributed by atoms with E-state index in [1.54, 1.807) is 33.8 Å². The third-order valence-corrected chi connectivity index (χ3v) is 5.76. The Morgan fingerprint density at radius 3 is 2.39 bits per heavy atom. The van der Waals surface area contributed by atoms with Crippen LogP contribution < -0.4 is 0 Å². The van der Waals surface area contributed by atoms with Crippen molar-refractivity contribution < 1.29 is 22.7 Å². The Labute approximate surface area is 211 Å². The molecule has 0 saturated carbocycles. The molecule has 0 fully saturated rings. The number of alkyl halides is 3. The van der Waals surface area contributed by atoms with Crippen molar-refractivity contribution in [2.24, 2.45) is 0 Å². The third kappa shape index (κ3) is 7.70. The van der Waals surface area contributed by atoms with Gasteiger partial charge in [-0.25, -0.2) is 4.79 Å². The molecule has 0 atom stereocenters. The van der Waals surface area contributed by atoms with Gasteiger partial charge in [0.2, 0.25) is 0 Å². The molecule has 194 valence electrons. The third-order valence-electron chi connectivity index (χ3n) is 5.76. The zero-order chi connectivity index (χ0) is 26.5. The van der Waals surface area contributed by atoms with Crippen LogP contribution in [0.4, 0.5) is 18.0 Å². The lowest BCUT2D eigenvalue weighted by atomic mass is 10.0. The molecular weight excluding hydrogens is 465 g/mol. The van der Waals surface area contributed by atoms with Gasteiger partial charge in [0.15, 0.2) is 0 Å². The van der Waals surface area contributed by atoms with Crippen LogP contribution in [0.1, 0.15) is 74.9 Å². The Morgan fingerprint density at radius 1 is 1.00 bits per heavy atom. The highest BCUT2D eigenvalue weighted by atomic mass is 19.4. The van der Waals surface area contributed by atoms with Crippen LogP contribution in [0.3, 0.4) is 0 Å². The topological polar surface area (TPSA) is 42.4 Å². The van der Waals surface area contributed by atoms with Gasteiger partial charge in [-0.2, -0.15) is 13.2 Å². The number of benzene rings is 2. The van der Waals surface area contributed by atoms with Crippen LogP contribution in [0, 0.1) is 6.92 Å². The average molecular weight is 501 g/mol. The normalized spacial score (nSPS) is 12.1. The van der Waals surface area contributed by atoms with Crippen molar-refractivity contribution in [1.29, 1.82) is 0 Å². The van der Waals surface area contributed by atoms with Crippen LogP contribution >= 0.6 is 0 Å². The Hall–Kier alpha value is -3.09. The molecule has 3 rings (SSSR count). The van der Waals surface area contributed by atoms with E-state index in [1.807, 2.05) is 30.3 Å². The number of rotatable bonds is 8. The summed E-state index contributed by atoms with van der Waals surface area (Å²) in [4.78, 5) is 19.6. The minimum atomic E-state index is -4.47. The van der Waals surface area contributed by atoms with Crippen LogP contribution in [0.15, 0.2) is 48.5 Å². The number of aromatic nitrogens is 1. The van der Waals surface area contributed by atoms with E-state index >= 15 is 0 Å². The second-order valence-corrected chi connectivity index (χ2v) is 10.3. The van der Waals surface area contributed by atoms with Crippen LogP contribution in [-0.2, 0) is 30.4 Å². The maximum absolute atomic E-state index is 13.4. The fourth-order valence-corrected chi connectivity index (χ4v) is 4.15. The van der Waals surface area contributed by atoms with Crippen LogP contribution in [-0.4, -0.2) is 21.6 Å². The molecule has 1 heterocycles. The highest BCUT2D eigenvalue weighted by molar-refractivity contribution is 5.79. The number of aryl methyl sites for hydroxylation is 2. The maximum Gasteiger partial charge on any atom is 0.416 e. The van der Waals surface area contributed by atoms with Gasteiger partial charge in [0.1, 0.15) is 5.60 Å². The van der Waals surface area contributed by atoms with E-state index in [9.17, 15) is 18.0 Å². The molecule has 3 aromatic rings. The molecule has 0 unspecified atom stereocenters. The van der Waals surface area contributed by atoms with E-state index in [-0.39, 0.29) is 13.1 Å². The maximum atomic E-state index is 13.4. The quantitative estimate of drug-likeness (QED) is 0.293. The molecule has 1 amide bonds. The number of nitrogens with zero attached hydrogens (tertiary/aromatic N) is 2. The number of pyridine rings is 1. The SMILES string of the molecule is CCCCCc1nc2ccccc2cc1CN(Cc1cc(C)cc(C(F)(F)F)c1)C(=O)OC(C)(C)C. The highest BCUT2D eigenvalue weighted by Gasteiger charge is 2.31. The average Bonchev–Trinajstić information content (AvgIpc) is 2.77. The molecule has 0 spiro atoms. The fraction of sp³-hybridized carbons (Fsp3) is 0.448. The monoisotopic (exact) mass is 500 g/mol. The minimum absolute atomic E-state index is 0.0130. The van der Waals surface area contributed by atoms with Gasteiger partial charge in [0.05, 0.1) is 17.6 Å². The molecule has 2 aromatic carbocycles. The number of fused-ring (bicyclic) bond motifs is 1. The van der Waals surface area contributed by atoms with E-state index in [1.165, 1.54) is 4.90 Å². The zero-order valence-electron chi connectivity index (χ0n) is 21.7. The summed E-state index contributed by atoms with van der Waals surface area (Å²) in [6.45, 7) is 9.23. The first kappa shape index (κ1) is 27.5. The molecule has 0 saturated heterocycles. The van der Waals surface area contributed by atoms with Crippen molar-refractivity contribution in [2.75, 3.05) is 0 Å². The lowest BCUT2D eigenvalue weighted by molar-refractivity contribution is -0.137. The number of hydrogen-bond acceptors (Lipinski definition) is 3. The number of hydrogen-bond donors (Lipinski definition) is 0. The summed E-state index contributed by atoms with van der Waals surface area (Å²) in [5.41, 5.74) is 2.06. The molecule has 0 radical (unpaired) electrons. The molecule has 0 aliphatic heterocycles. The molecule has 0 aliphatic rings. The van der Waals surface area contributed by atoms with Gasteiger partial charge in [-0.15, -0.1) is 0 Å². The second-order valence-electron chi connectivity index (χ2n) is 10.3. The van der Waals surface area contributed by atoms with E-state index in [2.05, 4.69) is 6.92 Å². The summed E-state index contributed by atoms with van der Waals surface area (Å²) in [5.74, 6) is 0. The molecule has 0 N–H and O–H groups in total. The first-order valence-corrected chi connectivity index (χ1v) is 12.4. The summed E-state index contributed by atoms with van der Waals surface area (Å²) in [6.07, 6.45) is -1.18. The first-order chi connectivity index (χ1) is 16.9. The van der Waals surface area contributed by atoms with Gasteiger partial charge < -0.3 is 4.74 Å². The Morgan fingerprint density at radius 2 is 1.72 bits per heavy atom. The van der Waals surface area contributed by atoms with Gasteiger partial charge >= 0.3 is 12.3 Å². The van der Waals surface area contributed by atoms with E-state index in [0.717, 1.165) is 60.0 Å². The summed E-state index contributed by atoms with van der Waals surface area (Å²) in [7, 11) is 0. The highest BCUT2D eigenvalue weighted by Crippen LogP contribution is 2.31. The zero-order valence-corrected chi connectivity index (χ0v) is 21.7. The Kier molecular flexibility index (Phi) is 8.64. The van der Waals surface area contributed by atoms with Gasteiger partial charge in [-0.1, -0.05) is 49.6 Å². The van der Waals surface area contributed by atoms with Crippen molar-refractivity contribution in [2.45, 2.75) is 85.2 Å². The minimum Gasteiger partial charge on any atom is -0.444 e. The van der Waals surface area contributed by atoms with E-state index < -0.39 is 23.4 Å². The van der Waals surface area contributed by atoms with E-state index in [4.69, 9.17) is 9.72 Å². The number of carbonyl (C=O) groups excluding carboxylic acids is 1. The summed E-state index contributed by atoms with van der Waals surface area (Å²) >= 11 is 0. The number of unbranched alkanes of at least 4 members (excludes halogenated alkanes) is 2. The number of para-hydroxylation sites is 1. The number of halogens is 3. The van der Waals surface area contributed by atoms with Crippen LogP contribution in [0.5, 0.6) is 0 Å². The lowest BCUT2D eigenvalue weighted by Gasteiger charge is -2.28. The summed E-state index contributed by atoms with van der Waals surface area (Å²) < 4.78 is 46.0. The van der Waals surface area contributed by atoms with Crippen LogP contribution in [0.2, 0.25) is 0 Å². The molecule has 0 aliphatic carbocycles. The summed E-state index contributed by atoms with van der Waals surface area (Å²) in [5, 5.41) is 0.950. The van der Waals surface area contributed by atoms with Gasteiger partial charge in [0, 0.05) is 17.6 Å². The summed E-state index contributed by atoms with van der Waals surface area (Å²) in [6, 6.07) is 13.7. The largest absolute Gasteiger partial charge is 0.444 e. The van der Waals surface area contributed by atoms with Gasteiger partial charge in [0.25, 0.3) is 0 Å². The fourth-order valence-electron chi connectivity index (χ4n) is 4.15. The predicted molar refractivity (Wildman–Crippen MR) is 137 cm³/mol.